The van der Waals surface area contributed by atoms with Crippen molar-refractivity contribution in [2.45, 2.75) is 61.7 Å². The summed E-state index contributed by atoms with van der Waals surface area (Å²) in [6.07, 6.45) is -11.8. The molecule has 2 aromatic rings. The fourth-order valence-corrected chi connectivity index (χ4v) is 6.06. The number of alkyl halides is 9. The smallest absolute Gasteiger partial charge is 0.490 e. The van der Waals surface area contributed by atoms with E-state index in [2.05, 4.69) is 21.6 Å². The maximum atomic E-state index is 13.2. The van der Waals surface area contributed by atoms with Gasteiger partial charge in [0.1, 0.15) is 0 Å². The zero-order valence-corrected chi connectivity index (χ0v) is 24.9. The van der Waals surface area contributed by atoms with Crippen molar-refractivity contribution in [1.29, 1.82) is 0 Å². The van der Waals surface area contributed by atoms with E-state index in [-0.39, 0.29) is 34.4 Å². The molecule has 1 saturated heterocycles. The van der Waals surface area contributed by atoms with Crippen LogP contribution >= 0.6 is 12.2 Å². The molecular formula is C28H30F9N3O4S. The largest absolute Gasteiger partial charge is 0.493 e. The number of benzene rings is 2. The number of likely N-dealkylation sites (N-methyl/N-ethyl adjacent to an activating group) is 1. The monoisotopic (exact) mass is 675 g/mol. The quantitative estimate of drug-likeness (QED) is 0.235. The van der Waals surface area contributed by atoms with Crippen LogP contribution in [0.3, 0.4) is 0 Å². The Morgan fingerprint density at radius 3 is 1.98 bits per heavy atom. The van der Waals surface area contributed by atoms with Crippen LogP contribution in [0.15, 0.2) is 36.4 Å². The minimum atomic E-state index is -5.08. The van der Waals surface area contributed by atoms with E-state index in [0.29, 0.717) is 30.1 Å². The molecule has 3 atom stereocenters. The summed E-state index contributed by atoms with van der Waals surface area (Å²) in [4.78, 5) is 11.2. The lowest BCUT2D eigenvalue weighted by atomic mass is 9.65. The van der Waals surface area contributed by atoms with Gasteiger partial charge in [-0.1, -0.05) is 6.07 Å². The van der Waals surface area contributed by atoms with Crippen molar-refractivity contribution < 1.29 is 58.9 Å². The van der Waals surface area contributed by atoms with Crippen molar-refractivity contribution in [2.75, 3.05) is 33.1 Å². The van der Waals surface area contributed by atoms with Crippen molar-refractivity contribution in [2.24, 2.45) is 0 Å². The molecule has 0 aromatic heterocycles. The maximum absolute atomic E-state index is 13.2. The molecule has 7 nitrogen and oxygen atoms in total. The molecule has 0 amide bonds. The number of nitrogens with one attached hydrogen (secondary N) is 2. The molecule has 1 heterocycles. The zero-order valence-electron chi connectivity index (χ0n) is 24.1. The van der Waals surface area contributed by atoms with Gasteiger partial charge in [-0.15, -0.1) is 0 Å². The first-order valence-electron chi connectivity index (χ1n) is 13.3. The highest BCUT2D eigenvalue weighted by Gasteiger charge is 2.50. The normalized spacial score (nSPS) is 22.0. The molecule has 2 aliphatic rings. The van der Waals surface area contributed by atoms with Crippen molar-refractivity contribution >= 4 is 29.0 Å². The molecule has 1 aliphatic heterocycles. The molecule has 0 unspecified atom stereocenters. The number of rotatable bonds is 5. The lowest BCUT2D eigenvalue weighted by molar-refractivity contribution is -0.192. The summed E-state index contributed by atoms with van der Waals surface area (Å²) in [5.41, 5.74) is -2.15. The second-order valence-electron chi connectivity index (χ2n) is 10.6. The fourth-order valence-electron chi connectivity index (χ4n) is 5.77. The number of methoxy groups -OCH3 is 2. The highest BCUT2D eigenvalue weighted by molar-refractivity contribution is 7.80. The summed E-state index contributed by atoms with van der Waals surface area (Å²) in [5, 5.41) is 12.7. The summed E-state index contributed by atoms with van der Waals surface area (Å²) in [6, 6.07) is 7.34. The second-order valence-corrected chi connectivity index (χ2v) is 11.0. The van der Waals surface area contributed by atoms with Crippen LogP contribution in [0.4, 0.5) is 45.2 Å². The Balaban J connectivity index is 0.000000707. The molecule has 45 heavy (non-hydrogen) atoms. The molecule has 250 valence electrons. The van der Waals surface area contributed by atoms with E-state index < -0.39 is 35.6 Å². The molecule has 3 N–H and O–H groups in total. The molecule has 0 radical (unpaired) electrons. The molecular weight excluding hydrogens is 645 g/mol. The third-order valence-electron chi connectivity index (χ3n) is 7.91. The van der Waals surface area contributed by atoms with Crippen LogP contribution < -0.4 is 20.1 Å². The second kappa shape index (κ2) is 13.5. The minimum absolute atomic E-state index is 0.0262. The number of hydrogen-bond acceptors (Lipinski definition) is 5. The molecule has 1 aliphatic carbocycles. The third-order valence-corrected chi connectivity index (χ3v) is 8.13. The number of carboxylic acids is 1. The topological polar surface area (TPSA) is 83.1 Å². The average molecular weight is 676 g/mol. The summed E-state index contributed by atoms with van der Waals surface area (Å²) >= 11 is 5.29. The van der Waals surface area contributed by atoms with Gasteiger partial charge in [-0.3, -0.25) is 0 Å². The van der Waals surface area contributed by atoms with Gasteiger partial charge in [0.05, 0.1) is 25.3 Å². The number of nitrogens with zero attached hydrogens (tertiary/aromatic N) is 1. The first-order valence-corrected chi connectivity index (χ1v) is 13.7. The Bertz CT molecular complexity index is 1350. The van der Waals surface area contributed by atoms with E-state index in [1.54, 1.807) is 14.2 Å². The van der Waals surface area contributed by atoms with E-state index in [0.717, 1.165) is 31.4 Å². The third kappa shape index (κ3) is 8.62. The zero-order chi connectivity index (χ0) is 34.0. The number of likely N-dealkylation sites (tertiary alicyclic amines) is 1. The summed E-state index contributed by atoms with van der Waals surface area (Å²) in [7, 11) is 5.22. The van der Waals surface area contributed by atoms with Gasteiger partial charge in [-0.25, -0.2) is 4.79 Å². The predicted octanol–water partition coefficient (Wildman–Crippen LogP) is 6.86. The van der Waals surface area contributed by atoms with Crippen LogP contribution in [0.1, 0.15) is 42.4 Å². The molecule has 17 heteroatoms. The first-order chi connectivity index (χ1) is 20.7. The van der Waals surface area contributed by atoms with E-state index in [9.17, 15) is 39.5 Å². The molecule has 1 saturated carbocycles. The van der Waals surface area contributed by atoms with E-state index in [4.69, 9.17) is 31.6 Å². The van der Waals surface area contributed by atoms with Crippen molar-refractivity contribution in [1.82, 2.24) is 10.2 Å². The Hall–Kier alpha value is -3.47. The molecule has 0 bridgehead atoms. The first kappa shape index (κ1) is 36.0. The van der Waals surface area contributed by atoms with Crippen LogP contribution in [0, 0.1) is 0 Å². The highest BCUT2D eigenvalue weighted by Crippen LogP contribution is 2.50. The number of aliphatic carboxylic acids is 1. The number of anilines is 1. The van der Waals surface area contributed by atoms with E-state index in [1.807, 2.05) is 19.2 Å². The van der Waals surface area contributed by atoms with Gasteiger partial charge in [0.25, 0.3) is 0 Å². The SMILES string of the molecule is COc1ccc([C@@]23CC[C@@H](NC(=S)Nc4cc(C(F)(F)F)cc(C(F)(F)F)c4)C[C@@H]2N(C)CC3)cc1OC.O=C(O)C(F)(F)F. The van der Waals surface area contributed by atoms with Crippen LogP contribution in [-0.2, 0) is 22.6 Å². The molecule has 2 aromatic carbocycles. The van der Waals surface area contributed by atoms with Crippen molar-refractivity contribution in [3.63, 3.8) is 0 Å². The van der Waals surface area contributed by atoms with E-state index >= 15 is 0 Å². The number of fused-ring (bicyclic) bond motifs is 1. The Kier molecular flexibility index (Phi) is 10.8. The lowest BCUT2D eigenvalue weighted by Gasteiger charge is -2.45. The van der Waals surface area contributed by atoms with Gasteiger partial charge in [0.2, 0.25) is 0 Å². The number of carboxylic acid groups (broad SMARTS) is 1. The van der Waals surface area contributed by atoms with Crippen molar-refractivity contribution in [3.8, 4) is 11.5 Å². The maximum Gasteiger partial charge on any atom is 0.490 e. The number of hydrogen-bond donors (Lipinski definition) is 3. The Labute approximate surface area is 257 Å². The van der Waals surface area contributed by atoms with Crippen molar-refractivity contribution in [3.05, 3.63) is 53.1 Å². The Morgan fingerprint density at radius 2 is 1.49 bits per heavy atom. The number of halogens is 9. The summed E-state index contributed by atoms with van der Waals surface area (Å²) in [5.74, 6) is -1.46. The van der Waals surface area contributed by atoms with Gasteiger partial charge in [-0.2, -0.15) is 39.5 Å². The number of thiocarbonyl (C=S) groups is 1. The molecule has 4 rings (SSSR count). The standard InChI is InChI=1S/C26H29F6N3O2S.C2HF3O2/c1-35-9-8-24(15-4-5-20(36-2)21(13-15)37-3)7-6-18(14-22(24)35)33-23(38)34-19-11-16(25(27,28)29)10-17(12-19)26(30,31)32;3-2(4,5)1(6)7/h4-5,10-13,18,22H,6-9,14H2,1-3H3,(H2,33,34,38);(H,6,7)/t18-,22+,24+;/m1./s1. The predicted molar refractivity (Wildman–Crippen MR) is 149 cm³/mol. The Morgan fingerprint density at radius 1 is 0.933 bits per heavy atom. The van der Waals surface area contributed by atoms with E-state index in [1.165, 1.54) is 0 Å². The van der Waals surface area contributed by atoms with Crippen LogP contribution in [0.5, 0.6) is 11.5 Å². The summed E-state index contributed by atoms with van der Waals surface area (Å²) < 4.78 is 122. The lowest BCUT2D eigenvalue weighted by Crippen LogP contribution is -2.52. The van der Waals surface area contributed by atoms with Gasteiger partial charge in [-0.05, 0) is 87.4 Å². The minimum Gasteiger partial charge on any atom is -0.493 e. The van der Waals surface area contributed by atoms with Gasteiger partial charge < -0.3 is 30.1 Å². The van der Waals surface area contributed by atoms with Crippen LogP contribution in [0.25, 0.3) is 0 Å². The van der Waals surface area contributed by atoms with Crippen LogP contribution in [0.2, 0.25) is 0 Å². The highest BCUT2D eigenvalue weighted by atomic mass is 32.1. The number of carbonyl (C=O) groups is 1. The molecule has 2 fully saturated rings. The summed E-state index contributed by atoms with van der Waals surface area (Å²) in [6.45, 7) is 0.888. The van der Waals surface area contributed by atoms with Gasteiger partial charge in [0, 0.05) is 23.2 Å². The molecule has 0 spiro atoms. The number of ether oxygens (including phenoxy) is 2. The fraction of sp³-hybridized carbons (Fsp3) is 0.500. The van der Waals surface area contributed by atoms with Gasteiger partial charge in [0.15, 0.2) is 16.6 Å². The van der Waals surface area contributed by atoms with Gasteiger partial charge >= 0.3 is 24.5 Å². The average Bonchev–Trinajstić information content (AvgIpc) is 3.28. The van der Waals surface area contributed by atoms with Crippen LogP contribution in [-0.4, -0.2) is 67.2 Å².